The minimum atomic E-state index is -3.40. The first kappa shape index (κ1) is 16.0. The molecule has 1 N–H and O–H groups in total. The largest absolute Gasteiger partial charge is 0.316 e. The first-order valence-corrected chi connectivity index (χ1v) is 8.35. The summed E-state index contributed by atoms with van der Waals surface area (Å²) in [5, 5.41) is 3.80. The summed E-state index contributed by atoms with van der Waals surface area (Å²) in [6.07, 6.45) is 0.942. The van der Waals surface area contributed by atoms with Gasteiger partial charge in [0, 0.05) is 18.1 Å². The van der Waals surface area contributed by atoms with Crippen LogP contribution in [0.2, 0.25) is 5.02 Å². The molecule has 2 heterocycles. The van der Waals surface area contributed by atoms with Gasteiger partial charge in [0.15, 0.2) is 0 Å². The molecule has 2 aliphatic heterocycles. The van der Waals surface area contributed by atoms with E-state index in [0.717, 1.165) is 19.5 Å². The van der Waals surface area contributed by atoms with E-state index in [2.05, 4.69) is 5.32 Å². The van der Waals surface area contributed by atoms with Gasteiger partial charge in [-0.25, -0.2) is 8.42 Å². The number of hydrogen-bond acceptors (Lipinski definition) is 3. The lowest BCUT2D eigenvalue weighted by Crippen LogP contribution is -2.43. The molecule has 1 aromatic carbocycles. The Morgan fingerprint density at radius 3 is 2.75 bits per heavy atom. The van der Waals surface area contributed by atoms with Gasteiger partial charge in [-0.1, -0.05) is 17.7 Å². The number of fused-ring (bicyclic) bond motifs is 1. The van der Waals surface area contributed by atoms with Crippen LogP contribution in [0.3, 0.4) is 0 Å². The van der Waals surface area contributed by atoms with Crippen molar-refractivity contribution in [2.24, 2.45) is 11.8 Å². The lowest BCUT2D eigenvalue weighted by atomic mass is 9.90. The number of sulfonamides is 1. The summed E-state index contributed by atoms with van der Waals surface area (Å²) in [6.45, 7) is 3.17. The van der Waals surface area contributed by atoms with Crippen LogP contribution in [0, 0.1) is 11.8 Å². The molecule has 2 aliphatic rings. The predicted molar refractivity (Wildman–Crippen MR) is 81.9 cm³/mol. The van der Waals surface area contributed by atoms with Crippen LogP contribution in [0.15, 0.2) is 29.2 Å². The third kappa shape index (κ3) is 2.97. The molecule has 0 aliphatic carbocycles. The maximum absolute atomic E-state index is 12.6. The standard InChI is InChI=1S/C13H17ClN2O2S.ClH/c14-12-2-1-3-13(6-12)19(17,18)16-5-4-10-7-15-8-11(10)9-16;/h1-3,6,10-11,15H,4-5,7-9H2;1H. The molecule has 20 heavy (non-hydrogen) atoms. The van der Waals surface area contributed by atoms with Crippen LogP contribution >= 0.6 is 24.0 Å². The third-order valence-corrected chi connectivity index (χ3v) is 6.20. The normalized spacial score (nSPS) is 26.9. The fourth-order valence-electron chi connectivity index (χ4n) is 3.00. The lowest BCUT2D eigenvalue weighted by molar-refractivity contribution is 0.228. The maximum atomic E-state index is 12.6. The van der Waals surface area contributed by atoms with Crippen LogP contribution in [0.5, 0.6) is 0 Å². The summed E-state index contributed by atoms with van der Waals surface area (Å²) >= 11 is 5.89. The van der Waals surface area contributed by atoms with E-state index in [1.807, 2.05) is 0 Å². The van der Waals surface area contributed by atoms with E-state index < -0.39 is 10.0 Å². The van der Waals surface area contributed by atoms with Crippen LogP contribution in [-0.2, 0) is 10.0 Å². The quantitative estimate of drug-likeness (QED) is 0.898. The smallest absolute Gasteiger partial charge is 0.243 e. The number of halogens is 2. The van der Waals surface area contributed by atoms with Gasteiger partial charge in [0.1, 0.15) is 0 Å². The van der Waals surface area contributed by atoms with Crippen molar-refractivity contribution in [3.05, 3.63) is 29.3 Å². The van der Waals surface area contributed by atoms with E-state index in [9.17, 15) is 8.42 Å². The van der Waals surface area contributed by atoms with Gasteiger partial charge in [0.25, 0.3) is 0 Å². The summed E-state index contributed by atoms with van der Waals surface area (Å²) in [5.74, 6) is 1.08. The van der Waals surface area contributed by atoms with Crippen molar-refractivity contribution >= 4 is 34.0 Å². The molecule has 3 rings (SSSR count). The van der Waals surface area contributed by atoms with E-state index >= 15 is 0 Å². The van der Waals surface area contributed by atoms with Crippen LogP contribution in [0.25, 0.3) is 0 Å². The highest BCUT2D eigenvalue weighted by Crippen LogP contribution is 2.30. The molecule has 2 atom stereocenters. The molecular formula is C13H18Cl2N2O2S. The Kier molecular flexibility index (Phi) is 4.97. The Balaban J connectivity index is 0.00000147. The molecule has 1 aromatic rings. The highest BCUT2D eigenvalue weighted by molar-refractivity contribution is 7.89. The van der Waals surface area contributed by atoms with E-state index in [4.69, 9.17) is 11.6 Å². The number of rotatable bonds is 2. The van der Waals surface area contributed by atoms with Gasteiger partial charge in [0.2, 0.25) is 10.0 Å². The first-order valence-electron chi connectivity index (χ1n) is 6.54. The van der Waals surface area contributed by atoms with Crippen molar-refractivity contribution in [3.63, 3.8) is 0 Å². The highest BCUT2D eigenvalue weighted by Gasteiger charge is 2.37. The van der Waals surface area contributed by atoms with E-state index in [1.165, 1.54) is 6.07 Å². The average Bonchev–Trinajstić information content (AvgIpc) is 2.85. The zero-order valence-corrected chi connectivity index (χ0v) is 13.3. The van der Waals surface area contributed by atoms with Crippen molar-refractivity contribution in [1.29, 1.82) is 0 Å². The number of nitrogens with zero attached hydrogens (tertiary/aromatic N) is 1. The molecule has 0 radical (unpaired) electrons. The second kappa shape index (κ2) is 6.20. The molecule has 7 heteroatoms. The molecule has 112 valence electrons. The molecule has 0 bridgehead atoms. The summed E-state index contributed by atoms with van der Waals surface area (Å²) < 4.78 is 26.8. The number of piperidine rings is 1. The van der Waals surface area contributed by atoms with E-state index in [1.54, 1.807) is 22.5 Å². The Labute approximate surface area is 131 Å². The van der Waals surface area contributed by atoms with Gasteiger partial charge in [0.05, 0.1) is 4.90 Å². The molecule has 0 aromatic heterocycles. The topological polar surface area (TPSA) is 49.4 Å². The molecule has 2 unspecified atom stereocenters. The Bertz CT molecular complexity index is 579. The zero-order valence-electron chi connectivity index (χ0n) is 11.0. The number of nitrogens with one attached hydrogen (secondary N) is 1. The zero-order chi connectivity index (χ0) is 13.5. The van der Waals surface area contributed by atoms with Crippen LogP contribution in [0.4, 0.5) is 0 Å². The Morgan fingerprint density at radius 2 is 2.00 bits per heavy atom. The fraction of sp³-hybridized carbons (Fsp3) is 0.538. The van der Waals surface area contributed by atoms with E-state index in [0.29, 0.717) is 34.8 Å². The molecule has 2 fully saturated rings. The summed E-state index contributed by atoms with van der Waals surface area (Å²) in [7, 11) is -3.40. The molecule has 2 saturated heterocycles. The predicted octanol–water partition coefficient (Wildman–Crippen LogP) is 1.99. The summed E-state index contributed by atoms with van der Waals surface area (Å²) in [5.41, 5.74) is 0. The first-order chi connectivity index (χ1) is 9.07. The van der Waals surface area contributed by atoms with Crippen molar-refractivity contribution < 1.29 is 8.42 Å². The van der Waals surface area contributed by atoms with Crippen LogP contribution in [-0.4, -0.2) is 38.9 Å². The SMILES string of the molecule is Cl.O=S(=O)(c1cccc(Cl)c1)N1CCC2CNCC2C1. The van der Waals surface area contributed by atoms with Crippen LogP contribution < -0.4 is 5.32 Å². The number of hydrogen-bond donors (Lipinski definition) is 1. The van der Waals surface area contributed by atoms with Crippen molar-refractivity contribution in [3.8, 4) is 0 Å². The van der Waals surface area contributed by atoms with Gasteiger partial charge in [-0.15, -0.1) is 12.4 Å². The molecule has 0 amide bonds. The Morgan fingerprint density at radius 1 is 1.25 bits per heavy atom. The lowest BCUT2D eigenvalue weighted by Gasteiger charge is -2.33. The second-order valence-corrected chi connectivity index (χ2v) is 7.66. The van der Waals surface area contributed by atoms with Gasteiger partial charge in [-0.2, -0.15) is 4.31 Å². The van der Waals surface area contributed by atoms with E-state index in [-0.39, 0.29) is 12.4 Å². The minimum Gasteiger partial charge on any atom is -0.316 e. The highest BCUT2D eigenvalue weighted by atomic mass is 35.5. The van der Waals surface area contributed by atoms with Crippen LogP contribution in [0.1, 0.15) is 6.42 Å². The summed E-state index contributed by atoms with van der Waals surface area (Å²) in [6, 6.07) is 6.50. The van der Waals surface area contributed by atoms with Crippen molar-refractivity contribution in [1.82, 2.24) is 9.62 Å². The molecule has 0 saturated carbocycles. The van der Waals surface area contributed by atoms with Crippen molar-refractivity contribution in [2.45, 2.75) is 11.3 Å². The Hall–Kier alpha value is -0.330. The molecule has 0 spiro atoms. The van der Waals surface area contributed by atoms with Gasteiger partial charge in [-0.3, -0.25) is 0 Å². The second-order valence-electron chi connectivity index (χ2n) is 5.29. The van der Waals surface area contributed by atoms with Crippen molar-refractivity contribution in [2.75, 3.05) is 26.2 Å². The molecular weight excluding hydrogens is 319 g/mol. The minimum absolute atomic E-state index is 0. The maximum Gasteiger partial charge on any atom is 0.243 e. The average molecular weight is 337 g/mol. The fourth-order valence-corrected chi connectivity index (χ4v) is 4.81. The van der Waals surface area contributed by atoms with Gasteiger partial charge < -0.3 is 5.32 Å². The monoisotopic (exact) mass is 336 g/mol. The van der Waals surface area contributed by atoms with Gasteiger partial charge in [-0.05, 0) is 49.5 Å². The van der Waals surface area contributed by atoms with Gasteiger partial charge >= 0.3 is 0 Å². The number of benzene rings is 1. The third-order valence-electron chi connectivity index (χ3n) is 4.10. The molecule has 4 nitrogen and oxygen atoms in total. The summed E-state index contributed by atoms with van der Waals surface area (Å²) in [4.78, 5) is 0.296.